The normalized spacial score (nSPS) is 21.5. The molecule has 5 heteroatoms. The summed E-state index contributed by atoms with van der Waals surface area (Å²) in [7, 11) is 0. The van der Waals surface area contributed by atoms with Crippen LogP contribution in [0.3, 0.4) is 0 Å². The van der Waals surface area contributed by atoms with Gasteiger partial charge in [-0.05, 0) is 50.5 Å². The first-order valence-electron chi connectivity index (χ1n) is 7.93. The molecule has 0 fully saturated rings. The summed E-state index contributed by atoms with van der Waals surface area (Å²) in [6.07, 6.45) is 5.66. The fourth-order valence-electron chi connectivity index (χ4n) is 2.50. The van der Waals surface area contributed by atoms with Crippen LogP contribution >= 0.6 is 15.9 Å². The molecule has 0 heterocycles. The molecule has 0 spiro atoms. The maximum atomic E-state index is 12.6. The van der Waals surface area contributed by atoms with Gasteiger partial charge >= 0.3 is 5.97 Å². The van der Waals surface area contributed by atoms with E-state index in [-0.39, 0.29) is 23.9 Å². The van der Waals surface area contributed by atoms with Gasteiger partial charge in [-0.15, -0.1) is 0 Å². The van der Waals surface area contributed by atoms with E-state index in [9.17, 15) is 9.59 Å². The predicted octanol–water partition coefficient (Wildman–Crippen LogP) is 4.31. The lowest BCUT2D eigenvalue weighted by Crippen LogP contribution is -2.36. The van der Waals surface area contributed by atoms with Gasteiger partial charge in [-0.2, -0.15) is 0 Å². The van der Waals surface area contributed by atoms with Crippen LogP contribution in [0, 0.1) is 11.8 Å². The van der Waals surface area contributed by atoms with Crippen LogP contribution in [-0.4, -0.2) is 18.0 Å². The summed E-state index contributed by atoms with van der Waals surface area (Å²) < 4.78 is 6.38. The molecule has 2 rings (SSSR count). The largest absolute Gasteiger partial charge is 0.462 e. The minimum Gasteiger partial charge on any atom is -0.462 e. The first kappa shape index (κ1) is 17.7. The molecule has 0 saturated carbocycles. The van der Waals surface area contributed by atoms with Crippen molar-refractivity contribution in [3.63, 3.8) is 0 Å². The molecule has 4 nitrogen and oxygen atoms in total. The molecular formula is C18H22BrNO3. The molecule has 0 saturated heterocycles. The molecule has 0 aromatic heterocycles. The molecule has 23 heavy (non-hydrogen) atoms. The fraction of sp³-hybridized carbons (Fsp3) is 0.444. The molecule has 1 aliphatic carbocycles. The quantitative estimate of drug-likeness (QED) is 0.612. The zero-order valence-corrected chi connectivity index (χ0v) is 15.0. The summed E-state index contributed by atoms with van der Waals surface area (Å²) in [4.78, 5) is 24.9. The number of hydrogen-bond acceptors (Lipinski definition) is 3. The Hall–Kier alpha value is -1.62. The first-order valence-corrected chi connectivity index (χ1v) is 8.72. The summed E-state index contributed by atoms with van der Waals surface area (Å²) in [5, 5.41) is 2.89. The van der Waals surface area contributed by atoms with E-state index in [1.54, 1.807) is 0 Å². The van der Waals surface area contributed by atoms with Crippen LogP contribution in [-0.2, 0) is 14.3 Å². The lowest BCUT2D eigenvalue weighted by Gasteiger charge is -2.27. The zero-order chi connectivity index (χ0) is 16.8. The van der Waals surface area contributed by atoms with E-state index < -0.39 is 5.92 Å². The number of carbonyl (C=O) groups excluding carboxylic acids is 2. The molecular weight excluding hydrogens is 358 g/mol. The third-order valence-electron chi connectivity index (χ3n) is 4.08. The Morgan fingerprint density at radius 3 is 2.43 bits per heavy atom. The highest BCUT2D eigenvalue weighted by Crippen LogP contribution is 2.29. The van der Waals surface area contributed by atoms with Gasteiger partial charge in [0.2, 0.25) is 5.91 Å². The highest BCUT2D eigenvalue weighted by Gasteiger charge is 2.35. The second kappa shape index (κ2) is 8.29. The minimum atomic E-state index is -0.413. The summed E-state index contributed by atoms with van der Waals surface area (Å²) in [5.74, 6) is -1.22. The summed E-state index contributed by atoms with van der Waals surface area (Å²) in [6, 6.07) is 7.39. The molecule has 0 unspecified atom stereocenters. The maximum absolute atomic E-state index is 12.6. The third kappa shape index (κ3) is 4.93. The number of nitrogens with one attached hydrogen (secondary N) is 1. The Labute approximate surface area is 145 Å². The predicted molar refractivity (Wildman–Crippen MR) is 94.0 cm³/mol. The number of esters is 1. The Morgan fingerprint density at radius 1 is 1.22 bits per heavy atom. The summed E-state index contributed by atoms with van der Waals surface area (Å²) in [5.41, 5.74) is 0.724. The van der Waals surface area contributed by atoms with Crippen molar-refractivity contribution in [2.24, 2.45) is 11.8 Å². The number of benzene rings is 1. The van der Waals surface area contributed by atoms with E-state index in [1.165, 1.54) is 0 Å². The molecule has 1 aromatic rings. The van der Waals surface area contributed by atoms with Crippen LogP contribution in [0.15, 0.2) is 40.9 Å². The van der Waals surface area contributed by atoms with Gasteiger partial charge in [0, 0.05) is 10.2 Å². The van der Waals surface area contributed by atoms with Crippen LogP contribution in [0.2, 0.25) is 0 Å². The van der Waals surface area contributed by atoms with Gasteiger partial charge < -0.3 is 10.1 Å². The molecule has 0 aliphatic heterocycles. The van der Waals surface area contributed by atoms with E-state index in [4.69, 9.17) is 4.74 Å². The van der Waals surface area contributed by atoms with E-state index in [1.807, 2.05) is 50.3 Å². The Morgan fingerprint density at radius 2 is 1.83 bits per heavy atom. The Kier molecular flexibility index (Phi) is 6.39. The zero-order valence-electron chi connectivity index (χ0n) is 13.4. The van der Waals surface area contributed by atoms with Gasteiger partial charge in [-0.1, -0.05) is 35.0 Å². The second-order valence-electron chi connectivity index (χ2n) is 5.81. The van der Waals surface area contributed by atoms with E-state index >= 15 is 0 Å². The average Bonchev–Trinajstić information content (AvgIpc) is 2.56. The highest BCUT2D eigenvalue weighted by atomic mass is 79.9. The number of ether oxygens (including phenoxy) is 1. The van der Waals surface area contributed by atoms with Crippen molar-refractivity contribution in [3.05, 3.63) is 40.9 Å². The monoisotopic (exact) mass is 379 g/mol. The van der Waals surface area contributed by atoms with Crippen LogP contribution in [0.1, 0.15) is 33.1 Å². The number of halogens is 1. The van der Waals surface area contributed by atoms with Crippen molar-refractivity contribution < 1.29 is 14.3 Å². The smallest absolute Gasteiger partial charge is 0.310 e. The van der Waals surface area contributed by atoms with Crippen molar-refractivity contribution in [2.45, 2.75) is 39.2 Å². The number of rotatable bonds is 5. The van der Waals surface area contributed by atoms with Gasteiger partial charge in [0.1, 0.15) is 0 Å². The summed E-state index contributed by atoms with van der Waals surface area (Å²) in [6.45, 7) is 3.84. The molecule has 1 N–H and O–H groups in total. The lowest BCUT2D eigenvalue weighted by atomic mass is 9.82. The van der Waals surface area contributed by atoms with E-state index in [0.717, 1.165) is 16.6 Å². The number of carbonyl (C=O) groups is 2. The van der Waals surface area contributed by atoms with Crippen molar-refractivity contribution in [2.75, 3.05) is 5.32 Å². The number of amides is 1. The molecule has 3 atom stereocenters. The summed E-state index contributed by atoms with van der Waals surface area (Å²) >= 11 is 3.36. The van der Waals surface area contributed by atoms with E-state index in [2.05, 4.69) is 21.2 Å². The second-order valence-corrected chi connectivity index (χ2v) is 6.72. The molecule has 0 radical (unpaired) electrons. The topological polar surface area (TPSA) is 55.4 Å². The highest BCUT2D eigenvalue weighted by molar-refractivity contribution is 9.10. The Balaban J connectivity index is 2.05. The van der Waals surface area contributed by atoms with Crippen LogP contribution in [0.4, 0.5) is 5.69 Å². The maximum Gasteiger partial charge on any atom is 0.310 e. The Bertz CT molecular complexity index is 582. The van der Waals surface area contributed by atoms with Gasteiger partial charge in [-0.3, -0.25) is 9.59 Å². The molecule has 0 bridgehead atoms. The van der Waals surface area contributed by atoms with Crippen LogP contribution < -0.4 is 5.32 Å². The number of hydrogen-bond donors (Lipinski definition) is 1. The van der Waals surface area contributed by atoms with Crippen LogP contribution in [0.25, 0.3) is 0 Å². The van der Waals surface area contributed by atoms with Crippen molar-refractivity contribution in [1.29, 1.82) is 0 Å². The third-order valence-corrected chi connectivity index (χ3v) is 4.60. The molecule has 124 valence electrons. The minimum absolute atomic E-state index is 0.122. The average molecular weight is 380 g/mol. The van der Waals surface area contributed by atoms with Gasteiger partial charge in [0.25, 0.3) is 0 Å². The van der Waals surface area contributed by atoms with Gasteiger partial charge in [-0.25, -0.2) is 0 Å². The van der Waals surface area contributed by atoms with Gasteiger partial charge in [0.15, 0.2) is 0 Å². The van der Waals surface area contributed by atoms with Gasteiger partial charge in [0.05, 0.1) is 17.9 Å². The SMILES string of the molecule is CC[C@@H](C)OC(=O)[C@@H]1CC=CC[C@@H]1C(=O)Nc1ccc(Br)cc1. The first-order chi connectivity index (χ1) is 11.0. The van der Waals surface area contributed by atoms with Crippen LogP contribution in [0.5, 0.6) is 0 Å². The van der Waals surface area contributed by atoms with Crippen molar-refractivity contribution in [3.8, 4) is 0 Å². The number of anilines is 1. The molecule has 1 amide bonds. The van der Waals surface area contributed by atoms with Crippen molar-refractivity contribution >= 4 is 33.5 Å². The lowest BCUT2D eigenvalue weighted by molar-refractivity contribution is -0.157. The number of allylic oxidation sites excluding steroid dienone is 2. The standard InChI is InChI=1S/C18H22BrNO3/c1-3-12(2)23-18(22)16-7-5-4-6-15(16)17(21)20-14-10-8-13(19)9-11-14/h4-5,8-12,15-16H,3,6-7H2,1-2H3,(H,20,21)/t12-,15+,16-/m1/s1. The van der Waals surface area contributed by atoms with Crippen molar-refractivity contribution in [1.82, 2.24) is 0 Å². The molecule has 1 aliphatic rings. The molecule has 1 aromatic carbocycles. The van der Waals surface area contributed by atoms with E-state index in [0.29, 0.717) is 12.8 Å². The fourth-order valence-corrected chi connectivity index (χ4v) is 2.77.